The number of nitrogens with one attached hydrogen (secondary N) is 1. The Bertz CT molecular complexity index is 801. The number of hydrogen-bond donors (Lipinski definition) is 1. The number of benzene rings is 2. The summed E-state index contributed by atoms with van der Waals surface area (Å²) in [4.78, 5) is 5.01. The molecule has 0 saturated heterocycles. The van der Waals surface area contributed by atoms with Crippen molar-refractivity contribution in [2.45, 2.75) is 17.7 Å². The van der Waals surface area contributed by atoms with Gasteiger partial charge in [-0.05, 0) is 35.4 Å². The summed E-state index contributed by atoms with van der Waals surface area (Å²) in [5, 5.41) is 0.172. The average molecular weight is 409 g/mol. The lowest BCUT2D eigenvalue weighted by molar-refractivity contribution is -0.269. The van der Waals surface area contributed by atoms with E-state index in [2.05, 4.69) is 5.48 Å². The molecule has 2 aromatic carbocycles. The minimum Gasteiger partial charge on any atom is -0.265 e. The molecule has 8 heteroatoms. The Hall–Kier alpha value is -1.40. The molecule has 1 atom stereocenters. The van der Waals surface area contributed by atoms with E-state index < -0.39 is 11.8 Å². The molecule has 0 radical (unpaired) electrons. The molecular weight excluding hydrogens is 398 g/mol. The molecular formula is C17H11Cl3F3NO. The molecule has 132 valence electrons. The second-order valence-corrected chi connectivity index (χ2v) is 6.62. The van der Waals surface area contributed by atoms with E-state index in [-0.39, 0.29) is 21.3 Å². The third kappa shape index (κ3) is 3.47. The van der Waals surface area contributed by atoms with Gasteiger partial charge in [0.2, 0.25) is 5.60 Å². The molecule has 1 N–H and O–H groups in total. The van der Waals surface area contributed by atoms with E-state index in [1.807, 2.05) is 0 Å². The molecule has 0 aliphatic carbocycles. The summed E-state index contributed by atoms with van der Waals surface area (Å²) in [6.45, 7) is 0. The fraction of sp³-hybridized carbons (Fsp3) is 0.176. The molecule has 0 aromatic heterocycles. The number of alkyl halides is 4. The molecule has 0 bridgehead atoms. The van der Waals surface area contributed by atoms with Gasteiger partial charge in [0, 0.05) is 21.5 Å². The normalized spacial score (nSPS) is 20.3. The zero-order chi connectivity index (χ0) is 18.2. The van der Waals surface area contributed by atoms with Crippen LogP contribution in [0.15, 0.2) is 48.5 Å². The van der Waals surface area contributed by atoms with Gasteiger partial charge < -0.3 is 0 Å². The first kappa shape index (κ1) is 18.4. The van der Waals surface area contributed by atoms with Crippen molar-refractivity contribution in [3.05, 3.63) is 75.3 Å². The summed E-state index contributed by atoms with van der Waals surface area (Å²) >= 11 is 17.5. The lowest BCUT2D eigenvalue weighted by Crippen LogP contribution is -2.42. The van der Waals surface area contributed by atoms with Crippen molar-refractivity contribution in [3.8, 4) is 0 Å². The maximum Gasteiger partial charge on any atom is 0.428 e. The highest BCUT2D eigenvalue weighted by Gasteiger charge is 2.59. The summed E-state index contributed by atoms with van der Waals surface area (Å²) < 4.78 is 41.6. The fourth-order valence-electron chi connectivity index (χ4n) is 2.53. The van der Waals surface area contributed by atoms with E-state index in [4.69, 9.17) is 39.6 Å². The van der Waals surface area contributed by atoms with Crippen LogP contribution in [-0.2, 0) is 16.3 Å². The highest BCUT2D eigenvalue weighted by atomic mass is 35.5. The Labute approximate surface area is 157 Å². The van der Waals surface area contributed by atoms with E-state index in [9.17, 15) is 13.2 Å². The number of hydroxylamine groups is 1. The highest BCUT2D eigenvalue weighted by molar-refractivity contribution is 6.34. The van der Waals surface area contributed by atoms with Crippen LogP contribution in [0.2, 0.25) is 10.0 Å². The Morgan fingerprint density at radius 2 is 1.60 bits per heavy atom. The Morgan fingerprint density at radius 3 is 2.12 bits per heavy atom. The predicted octanol–water partition coefficient (Wildman–Crippen LogP) is 6.07. The first-order valence-electron chi connectivity index (χ1n) is 7.10. The summed E-state index contributed by atoms with van der Waals surface area (Å²) in [5.41, 5.74) is 1.04. The van der Waals surface area contributed by atoms with Crippen LogP contribution in [0.3, 0.4) is 0 Å². The van der Waals surface area contributed by atoms with Gasteiger partial charge in [0.1, 0.15) is 0 Å². The van der Waals surface area contributed by atoms with E-state index in [0.29, 0.717) is 11.4 Å². The van der Waals surface area contributed by atoms with Gasteiger partial charge in [-0.3, -0.25) is 10.3 Å². The molecule has 0 spiro atoms. The summed E-state index contributed by atoms with van der Waals surface area (Å²) in [6, 6.07) is 10.5. The third-order valence-corrected chi connectivity index (χ3v) is 4.55. The van der Waals surface area contributed by atoms with E-state index >= 15 is 0 Å². The van der Waals surface area contributed by atoms with E-state index in [1.54, 1.807) is 24.3 Å². The zero-order valence-electron chi connectivity index (χ0n) is 12.5. The molecule has 2 nitrogen and oxygen atoms in total. The van der Waals surface area contributed by atoms with Crippen molar-refractivity contribution in [2.75, 3.05) is 0 Å². The molecule has 2 aromatic rings. The lowest BCUT2D eigenvalue weighted by atomic mass is 9.91. The molecule has 1 unspecified atom stereocenters. The van der Waals surface area contributed by atoms with Crippen LogP contribution in [0.25, 0.3) is 5.70 Å². The van der Waals surface area contributed by atoms with Crippen LogP contribution in [0, 0.1) is 0 Å². The topological polar surface area (TPSA) is 21.3 Å². The van der Waals surface area contributed by atoms with Gasteiger partial charge in [-0.25, -0.2) is 0 Å². The summed E-state index contributed by atoms with van der Waals surface area (Å²) in [5.74, 6) is 0.316. The van der Waals surface area contributed by atoms with E-state index in [1.165, 1.54) is 18.2 Å². The SMILES string of the molecule is FC(F)(F)C1(c2cc(Cl)cc(Cl)c2)C=C(c2ccc(CCl)cc2)NO1. The van der Waals surface area contributed by atoms with Crippen molar-refractivity contribution < 1.29 is 18.0 Å². The van der Waals surface area contributed by atoms with Crippen molar-refractivity contribution in [1.82, 2.24) is 5.48 Å². The molecule has 1 aliphatic heterocycles. The van der Waals surface area contributed by atoms with Gasteiger partial charge in [-0.15, -0.1) is 11.6 Å². The number of rotatable bonds is 3. The van der Waals surface area contributed by atoms with Crippen LogP contribution in [-0.4, -0.2) is 6.18 Å². The average Bonchev–Trinajstić information content (AvgIpc) is 3.00. The molecule has 1 heterocycles. The Balaban J connectivity index is 2.10. The van der Waals surface area contributed by atoms with Gasteiger partial charge in [0.25, 0.3) is 0 Å². The second kappa shape index (κ2) is 6.72. The molecule has 0 amide bonds. The van der Waals surface area contributed by atoms with Gasteiger partial charge in [-0.1, -0.05) is 47.5 Å². The minimum atomic E-state index is -4.73. The minimum absolute atomic E-state index is 0.0861. The Morgan fingerprint density at radius 1 is 1.00 bits per heavy atom. The molecule has 0 saturated carbocycles. The maximum absolute atomic E-state index is 13.9. The lowest BCUT2D eigenvalue weighted by Gasteiger charge is -2.28. The van der Waals surface area contributed by atoms with Crippen molar-refractivity contribution >= 4 is 40.5 Å². The smallest absolute Gasteiger partial charge is 0.265 e. The monoisotopic (exact) mass is 407 g/mol. The quantitative estimate of drug-likeness (QED) is 0.623. The maximum atomic E-state index is 13.9. The van der Waals surface area contributed by atoms with Crippen LogP contribution < -0.4 is 5.48 Å². The van der Waals surface area contributed by atoms with Gasteiger partial charge in [0.15, 0.2) is 0 Å². The van der Waals surface area contributed by atoms with Crippen LogP contribution in [0.1, 0.15) is 16.7 Å². The number of halogens is 6. The summed E-state index contributed by atoms with van der Waals surface area (Å²) in [6.07, 6.45) is -3.75. The number of hydrogen-bond acceptors (Lipinski definition) is 2. The largest absolute Gasteiger partial charge is 0.428 e. The Kier molecular flexibility index (Phi) is 4.95. The van der Waals surface area contributed by atoms with Crippen LogP contribution in [0.4, 0.5) is 13.2 Å². The van der Waals surface area contributed by atoms with Gasteiger partial charge >= 0.3 is 6.18 Å². The van der Waals surface area contributed by atoms with Gasteiger partial charge in [0.05, 0.1) is 5.70 Å². The van der Waals surface area contributed by atoms with E-state index in [0.717, 1.165) is 11.6 Å². The van der Waals surface area contributed by atoms with Crippen molar-refractivity contribution in [1.29, 1.82) is 0 Å². The van der Waals surface area contributed by atoms with Crippen molar-refractivity contribution in [3.63, 3.8) is 0 Å². The first-order valence-corrected chi connectivity index (χ1v) is 8.40. The first-order chi connectivity index (χ1) is 11.7. The van der Waals surface area contributed by atoms with Gasteiger partial charge in [-0.2, -0.15) is 13.2 Å². The molecule has 1 aliphatic rings. The molecule has 25 heavy (non-hydrogen) atoms. The molecule has 0 fully saturated rings. The van der Waals surface area contributed by atoms with Crippen molar-refractivity contribution in [2.24, 2.45) is 0 Å². The van der Waals surface area contributed by atoms with Crippen LogP contribution >= 0.6 is 34.8 Å². The highest BCUT2D eigenvalue weighted by Crippen LogP contribution is 2.48. The zero-order valence-corrected chi connectivity index (χ0v) is 14.8. The summed E-state index contributed by atoms with van der Waals surface area (Å²) in [7, 11) is 0. The predicted molar refractivity (Wildman–Crippen MR) is 92.4 cm³/mol. The standard InChI is InChI=1S/C17H11Cl3F3NO/c18-9-10-1-3-11(4-2-10)15-8-16(25-24-15,17(21,22)23)12-5-13(19)7-14(20)6-12/h1-8,24H,9H2. The molecule has 3 rings (SSSR count). The fourth-order valence-corrected chi connectivity index (χ4v) is 3.23. The second-order valence-electron chi connectivity index (χ2n) is 5.48. The van der Waals surface area contributed by atoms with Crippen LogP contribution in [0.5, 0.6) is 0 Å². The third-order valence-electron chi connectivity index (χ3n) is 3.80.